The molecule has 1 aliphatic heterocycles. The van der Waals surface area contributed by atoms with Gasteiger partial charge in [0.25, 0.3) is 0 Å². The van der Waals surface area contributed by atoms with Crippen LogP contribution in [0.2, 0.25) is 0 Å². The highest BCUT2D eigenvalue weighted by Crippen LogP contribution is 2.21. The van der Waals surface area contributed by atoms with Crippen molar-refractivity contribution in [2.45, 2.75) is 12.5 Å². The molecular formula is C10H11IN2O. The number of hydrogen-bond donors (Lipinski definition) is 1. The summed E-state index contributed by atoms with van der Waals surface area (Å²) in [6.45, 7) is 0.737. The van der Waals surface area contributed by atoms with Crippen LogP contribution in [0.1, 0.15) is 6.42 Å². The van der Waals surface area contributed by atoms with E-state index < -0.39 is 0 Å². The summed E-state index contributed by atoms with van der Waals surface area (Å²) in [7, 11) is 0. The molecule has 4 heteroatoms. The van der Waals surface area contributed by atoms with Gasteiger partial charge in [-0.05, 0) is 53.3 Å². The number of halogens is 1. The van der Waals surface area contributed by atoms with E-state index in [2.05, 4.69) is 22.6 Å². The number of nitrogens with zero attached hydrogens (tertiary/aromatic N) is 1. The van der Waals surface area contributed by atoms with Crippen molar-refractivity contribution in [3.63, 3.8) is 0 Å². The second kappa shape index (κ2) is 3.86. The lowest BCUT2D eigenvalue weighted by molar-refractivity contribution is -0.118. The smallest absolute Gasteiger partial charge is 0.243 e. The summed E-state index contributed by atoms with van der Waals surface area (Å²) in [5.74, 6) is 0.0335. The molecule has 14 heavy (non-hydrogen) atoms. The highest BCUT2D eigenvalue weighted by atomic mass is 127. The van der Waals surface area contributed by atoms with Crippen LogP contribution in [-0.4, -0.2) is 18.5 Å². The van der Waals surface area contributed by atoms with Gasteiger partial charge < -0.3 is 10.6 Å². The zero-order valence-electron chi connectivity index (χ0n) is 7.61. The Morgan fingerprint density at radius 3 is 2.50 bits per heavy atom. The summed E-state index contributed by atoms with van der Waals surface area (Å²) < 4.78 is 1.17. The van der Waals surface area contributed by atoms with Crippen molar-refractivity contribution >= 4 is 34.2 Å². The SMILES string of the molecule is NC1CCN(c2ccc(I)cc2)C1=O. The monoisotopic (exact) mass is 302 g/mol. The van der Waals surface area contributed by atoms with Gasteiger partial charge in [-0.1, -0.05) is 0 Å². The largest absolute Gasteiger partial charge is 0.320 e. The summed E-state index contributed by atoms with van der Waals surface area (Å²) in [5, 5.41) is 0. The first-order chi connectivity index (χ1) is 6.68. The molecule has 0 saturated carbocycles. The third-order valence-electron chi connectivity index (χ3n) is 2.39. The van der Waals surface area contributed by atoms with Gasteiger partial charge in [-0.2, -0.15) is 0 Å². The maximum atomic E-state index is 11.6. The molecule has 0 aliphatic carbocycles. The minimum absolute atomic E-state index is 0.0335. The van der Waals surface area contributed by atoms with Gasteiger partial charge in [0.05, 0.1) is 6.04 Å². The van der Waals surface area contributed by atoms with Crippen LogP contribution >= 0.6 is 22.6 Å². The molecular weight excluding hydrogens is 291 g/mol. The van der Waals surface area contributed by atoms with Gasteiger partial charge in [-0.3, -0.25) is 4.79 Å². The molecule has 3 nitrogen and oxygen atoms in total. The van der Waals surface area contributed by atoms with Gasteiger partial charge in [-0.15, -0.1) is 0 Å². The van der Waals surface area contributed by atoms with Crippen LogP contribution in [0.5, 0.6) is 0 Å². The molecule has 0 spiro atoms. The first-order valence-electron chi connectivity index (χ1n) is 4.51. The van der Waals surface area contributed by atoms with Crippen molar-refractivity contribution in [1.29, 1.82) is 0 Å². The molecule has 1 aromatic rings. The molecule has 0 radical (unpaired) electrons. The molecule has 1 saturated heterocycles. The van der Waals surface area contributed by atoms with Crippen molar-refractivity contribution < 1.29 is 4.79 Å². The maximum Gasteiger partial charge on any atom is 0.243 e. The van der Waals surface area contributed by atoms with Crippen LogP contribution in [0.25, 0.3) is 0 Å². The Morgan fingerprint density at radius 2 is 2.00 bits per heavy atom. The molecule has 1 amide bonds. The van der Waals surface area contributed by atoms with Crippen molar-refractivity contribution in [2.75, 3.05) is 11.4 Å². The Labute approximate surface area is 96.4 Å². The minimum Gasteiger partial charge on any atom is -0.320 e. The topological polar surface area (TPSA) is 46.3 Å². The Bertz CT molecular complexity index is 350. The van der Waals surface area contributed by atoms with E-state index in [4.69, 9.17) is 5.73 Å². The van der Waals surface area contributed by atoms with E-state index in [0.717, 1.165) is 18.7 Å². The predicted octanol–water partition coefficient (Wildman–Crippen LogP) is 1.36. The Morgan fingerprint density at radius 1 is 1.36 bits per heavy atom. The maximum absolute atomic E-state index is 11.6. The first kappa shape index (κ1) is 9.92. The molecule has 1 heterocycles. The normalized spacial score (nSPS) is 21.7. The molecule has 0 bridgehead atoms. The minimum atomic E-state index is -0.311. The molecule has 1 aromatic carbocycles. The van der Waals surface area contributed by atoms with Crippen LogP contribution < -0.4 is 10.6 Å². The van der Waals surface area contributed by atoms with Crippen LogP contribution in [0, 0.1) is 3.57 Å². The zero-order chi connectivity index (χ0) is 10.1. The summed E-state index contributed by atoms with van der Waals surface area (Å²) in [5.41, 5.74) is 6.59. The molecule has 1 aliphatic rings. The number of rotatable bonds is 1. The standard InChI is InChI=1S/C10H11IN2O/c11-7-1-3-8(4-2-7)13-6-5-9(12)10(13)14/h1-4,9H,5-6,12H2. The van der Waals surface area contributed by atoms with Crippen LogP contribution in [0.15, 0.2) is 24.3 Å². The van der Waals surface area contributed by atoms with Gasteiger partial charge in [-0.25, -0.2) is 0 Å². The van der Waals surface area contributed by atoms with Gasteiger partial charge in [0.2, 0.25) is 5.91 Å². The second-order valence-electron chi connectivity index (χ2n) is 3.36. The Hall–Kier alpha value is -0.620. The van der Waals surface area contributed by atoms with E-state index in [9.17, 15) is 4.79 Å². The number of nitrogens with two attached hydrogens (primary N) is 1. The van der Waals surface area contributed by atoms with E-state index >= 15 is 0 Å². The second-order valence-corrected chi connectivity index (χ2v) is 4.61. The summed E-state index contributed by atoms with van der Waals surface area (Å²) >= 11 is 2.24. The number of benzene rings is 1. The molecule has 2 rings (SSSR count). The van der Waals surface area contributed by atoms with Gasteiger partial charge in [0.15, 0.2) is 0 Å². The number of anilines is 1. The average molecular weight is 302 g/mol. The van der Waals surface area contributed by atoms with Crippen molar-refractivity contribution in [3.05, 3.63) is 27.8 Å². The van der Waals surface area contributed by atoms with Crippen LogP contribution in [0.3, 0.4) is 0 Å². The van der Waals surface area contributed by atoms with E-state index in [1.54, 1.807) is 4.90 Å². The highest BCUT2D eigenvalue weighted by molar-refractivity contribution is 14.1. The molecule has 74 valence electrons. The lowest BCUT2D eigenvalue weighted by Crippen LogP contribution is -2.33. The number of amides is 1. The molecule has 1 fully saturated rings. The summed E-state index contributed by atoms with van der Waals surface area (Å²) in [6.07, 6.45) is 0.755. The highest BCUT2D eigenvalue weighted by Gasteiger charge is 2.29. The van der Waals surface area contributed by atoms with Crippen LogP contribution in [0.4, 0.5) is 5.69 Å². The van der Waals surface area contributed by atoms with Crippen molar-refractivity contribution in [3.8, 4) is 0 Å². The Kier molecular flexibility index (Phi) is 2.73. The van der Waals surface area contributed by atoms with Crippen LogP contribution in [-0.2, 0) is 4.79 Å². The average Bonchev–Trinajstić information content (AvgIpc) is 2.50. The van der Waals surface area contributed by atoms with Crippen molar-refractivity contribution in [1.82, 2.24) is 0 Å². The van der Waals surface area contributed by atoms with E-state index in [1.807, 2.05) is 24.3 Å². The lowest BCUT2D eigenvalue weighted by atomic mass is 10.3. The Balaban J connectivity index is 2.24. The zero-order valence-corrected chi connectivity index (χ0v) is 9.77. The number of hydrogen-bond acceptors (Lipinski definition) is 2. The molecule has 2 N–H and O–H groups in total. The molecule has 1 unspecified atom stereocenters. The quantitative estimate of drug-likeness (QED) is 0.796. The summed E-state index contributed by atoms with van der Waals surface area (Å²) in [4.78, 5) is 13.3. The van der Waals surface area contributed by atoms with E-state index in [1.165, 1.54) is 3.57 Å². The van der Waals surface area contributed by atoms with Gasteiger partial charge in [0, 0.05) is 15.8 Å². The summed E-state index contributed by atoms with van der Waals surface area (Å²) in [6, 6.07) is 7.59. The third kappa shape index (κ3) is 1.76. The fourth-order valence-electron chi connectivity index (χ4n) is 1.58. The third-order valence-corrected chi connectivity index (χ3v) is 3.10. The number of carbonyl (C=O) groups excluding carboxylic acids is 1. The van der Waals surface area contributed by atoms with Crippen molar-refractivity contribution in [2.24, 2.45) is 5.73 Å². The van der Waals surface area contributed by atoms with Gasteiger partial charge >= 0.3 is 0 Å². The fourth-order valence-corrected chi connectivity index (χ4v) is 1.94. The predicted molar refractivity (Wildman–Crippen MR) is 64.1 cm³/mol. The fraction of sp³-hybridized carbons (Fsp3) is 0.300. The first-order valence-corrected chi connectivity index (χ1v) is 5.59. The number of carbonyl (C=O) groups is 1. The van der Waals surface area contributed by atoms with Gasteiger partial charge in [0.1, 0.15) is 0 Å². The lowest BCUT2D eigenvalue weighted by Gasteiger charge is -2.15. The molecule has 1 atom stereocenters. The molecule has 0 aromatic heterocycles. The van der Waals surface area contributed by atoms with E-state index in [-0.39, 0.29) is 11.9 Å². The van der Waals surface area contributed by atoms with E-state index in [0.29, 0.717) is 0 Å².